The Bertz CT molecular complexity index is 1230. The first-order valence-electron chi connectivity index (χ1n) is 9.46. The molecule has 4 N–H and O–H groups in total. The first kappa shape index (κ1) is 24.2. The van der Waals surface area contributed by atoms with Crippen LogP contribution in [0.2, 0.25) is 0 Å². The number of aromatic amines is 2. The van der Waals surface area contributed by atoms with Crippen LogP contribution in [-0.2, 0) is 0 Å². The number of urea groups is 1. The SMILES string of the molecule is O=C(Nc1cccc(-n2c(=S)[nH][nH]c2=S)c1)Nc1ccc(N2[CH]CCC2)c(C(=O)[O-])c1.[Na+]. The number of nitrogens with zero attached hydrogens (tertiary/aromatic N) is 2. The molecule has 1 saturated heterocycles. The standard InChI is InChI=1S/C20H19N6O3S2.Na/c27-17(28)15-11-13(6-7-16(15)25-8-1-2-9-25)22-18(29)21-12-4-3-5-14(10-12)26-19(30)23-24-20(26)31;/h3-8,10-11H,1-2,9H2,(H,23,30)(H,24,31)(H,27,28)(H2,21,22,29);/q;+1/p-1. The van der Waals surface area contributed by atoms with Crippen molar-refractivity contribution in [3.05, 3.63) is 64.1 Å². The summed E-state index contributed by atoms with van der Waals surface area (Å²) in [6.07, 6.45) is 1.86. The monoisotopic (exact) mass is 477 g/mol. The van der Waals surface area contributed by atoms with E-state index in [2.05, 4.69) is 20.8 Å². The first-order valence-corrected chi connectivity index (χ1v) is 10.3. The van der Waals surface area contributed by atoms with Gasteiger partial charge < -0.3 is 25.4 Å². The van der Waals surface area contributed by atoms with E-state index in [-0.39, 0.29) is 35.1 Å². The van der Waals surface area contributed by atoms with Crippen molar-refractivity contribution in [3.8, 4) is 5.69 Å². The molecule has 1 aliphatic heterocycles. The van der Waals surface area contributed by atoms with Crippen LogP contribution in [0.15, 0.2) is 42.5 Å². The summed E-state index contributed by atoms with van der Waals surface area (Å²) in [6, 6.07) is 11.2. The number of hydrogen-bond donors (Lipinski definition) is 4. The molecule has 159 valence electrons. The van der Waals surface area contributed by atoms with Gasteiger partial charge in [-0.05, 0) is 73.7 Å². The van der Waals surface area contributed by atoms with Gasteiger partial charge in [-0.15, -0.1) is 0 Å². The van der Waals surface area contributed by atoms with E-state index in [1.165, 1.54) is 6.07 Å². The minimum absolute atomic E-state index is 0. The van der Waals surface area contributed by atoms with Crippen LogP contribution in [0.5, 0.6) is 0 Å². The third-order valence-corrected chi connectivity index (χ3v) is 5.35. The summed E-state index contributed by atoms with van der Waals surface area (Å²) in [6.45, 7) is 2.70. The largest absolute Gasteiger partial charge is 1.00 e. The summed E-state index contributed by atoms with van der Waals surface area (Å²) in [5, 5.41) is 22.5. The van der Waals surface area contributed by atoms with Gasteiger partial charge in [0, 0.05) is 35.7 Å². The molecule has 1 aliphatic rings. The summed E-state index contributed by atoms with van der Waals surface area (Å²) in [5.74, 6) is -1.30. The molecule has 9 nitrogen and oxygen atoms in total. The fraction of sp³-hybridized carbons (Fsp3) is 0.150. The van der Waals surface area contributed by atoms with Gasteiger partial charge in [0.25, 0.3) is 0 Å². The Morgan fingerprint density at radius 3 is 2.31 bits per heavy atom. The summed E-state index contributed by atoms with van der Waals surface area (Å²) >= 11 is 10.4. The van der Waals surface area contributed by atoms with Gasteiger partial charge in [-0.1, -0.05) is 6.07 Å². The summed E-state index contributed by atoms with van der Waals surface area (Å²) in [7, 11) is 0. The predicted octanol–water partition coefficient (Wildman–Crippen LogP) is 0.366. The van der Waals surface area contributed by atoms with E-state index in [4.69, 9.17) is 24.4 Å². The van der Waals surface area contributed by atoms with Crippen LogP contribution in [-0.4, -0.2) is 33.3 Å². The van der Waals surface area contributed by atoms with E-state index in [9.17, 15) is 14.7 Å². The molecule has 2 amide bonds. The Morgan fingerprint density at radius 1 is 1.00 bits per heavy atom. The van der Waals surface area contributed by atoms with Gasteiger partial charge >= 0.3 is 35.6 Å². The van der Waals surface area contributed by atoms with E-state index < -0.39 is 12.0 Å². The number of amides is 2. The molecule has 0 bridgehead atoms. The normalized spacial score (nSPS) is 12.8. The van der Waals surface area contributed by atoms with Crippen molar-refractivity contribution in [2.75, 3.05) is 22.1 Å². The van der Waals surface area contributed by atoms with Gasteiger partial charge in [0.15, 0.2) is 9.54 Å². The van der Waals surface area contributed by atoms with Gasteiger partial charge in [-0.25, -0.2) is 4.79 Å². The molecule has 1 aromatic heterocycles. The van der Waals surface area contributed by atoms with Gasteiger partial charge in [-0.3, -0.25) is 14.8 Å². The average molecular weight is 478 g/mol. The smallest absolute Gasteiger partial charge is 0.545 e. The molecular weight excluding hydrogens is 459 g/mol. The van der Waals surface area contributed by atoms with Crippen molar-refractivity contribution in [3.63, 3.8) is 0 Å². The minimum atomic E-state index is -1.30. The third-order valence-electron chi connectivity index (χ3n) is 4.78. The number of H-pyrrole nitrogens is 2. The molecule has 0 aliphatic carbocycles. The maximum atomic E-state index is 12.5. The maximum absolute atomic E-state index is 12.5. The van der Waals surface area contributed by atoms with Crippen molar-refractivity contribution >= 4 is 53.5 Å². The Hall–Kier alpha value is -2.44. The first-order chi connectivity index (χ1) is 14.9. The van der Waals surface area contributed by atoms with E-state index in [0.717, 1.165) is 19.4 Å². The number of rotatable bonds is 5. The molecular formula is C20H18N6NaO3S2. The Kier molecular flexibility index (Phi) is 7.91. The molecule has 2 aromatic carbocycles. The van der Waals surface area contributed by atoms with E-state index in [1.54, 1.807) is 41.0 Å². The summed E-state index contributed by atoms with van der Waals surface area (Å²) in [5.41, 5.74) is 2.10. The topological polar surface area (TPSA) is 121 Å². The second-order valence-electron chi connectivity index (χ2n) is 6.86. The summed E-state index contributed by atoms with van der Waals surface area (Å²) < 4.78 is 2.42. The number of anilines is 3. The number of aromatic nitrogens is 3. The Morgan fingerprint density at radius 2 is 1.69 bits per heavy atom. The van der Waals surface area contributed by atoms with Crippen LogP contribution < -0.4 is 50.2 Å². The molecule has 32 heavy (non-hydrogen) atoms. The maximum Gasteiger partial charge on any atom is 1.00 e. The fourth-order valence-corrected chi connectivity index (χ4v) is 3.96. The number of carboxylic acids is 1. The van der Waals surface area contributed by atoms with Crippen LogP contribution in [0.4, 0.5) is 21.9 Å². The van der Waals surface area contributed by atoms with Crippen LogP contribution in [0.25, 0.3) is 5.69 Å². The van der Waals surface area contributed by atoms with Crippen LogP contribution in [0, 0.1) is 16.1 Å². The van der Waals surface area contributed by atoms with Crippen LogP contribution >= 0.6 is 24.4 Å². The molecule has 0 spiro atoms. The predicted molar refractivity (Wildman–Crippen MR) is 120 cm³/mol. The zero-order chi connectivity index (χ0) is 22.0. The Balaban J connectivity index is 0.00000289. The number of benzene rings is 2. The number of nitrogens with one attached hydrogen (secondary N) is 4. The van der Waals surface area contributed by atoms with Crippen molar-refractivity contribution < 1.29 is 44.3 Å². The number of carbonyl (C=O) groups is 2. The van der Waals surface area contributed by atoms with E-state index in [0.29, 0.717) is 32.3 Å². The third kappa shape index (κ3) is 5.30. The number of carboxylic acid groups (broad SMARTS) is 1. The molecule has 0 unspecified atom stereocenters. The molecule has 1 fully saturated rings. The van der Waals surface area contributed by atoms with Crippen molar-refractivity contribution in [2.24, 2.45) is 0 Å². The molecule has 12 heteroatoms. The van der Waals surface area contributed by atoms with E-state index >= 15 is 0 Å². The van der Waals surface area contributed by atoms with Crippen LogP contribution in [0.3, 0.4) is 0 Å². The number of hydrogen-bond acceptors (Lipinski definition) is 6. The van der Waals surface area contributed by atoms with Crippen molar-refractivity contribution in [1.29, 1.82) is 0 Å². The van der Waals surface area contributed by atoms with Gasteiger partial charge in [0.1, 0.15) is 0 Å². The molecule has 4 rings (SSSR count). The molecule has 1 radical (unpaired) electrons. The summed E-state index contributed by atoms with van der Waals surface area (Å²) in [4.78, 5) is 26.0. The zero-order valence-corrected chi connectivity index (χ0v) is 20.8. The number of carbonyl (C=O) groups excluding carboxylic acids is 2. The van der Waals surface area contributed by atoms with Gasteiger partial charge in [0.05, 0.1) is 11.7 Å². The van der Waals surface area contributed by atoms with Crippen molar-refractivity contribution in [1.82, 2.24) is 14.8 Å². The van der Waals surface area contributed by atoms with Gasteiger partial charge in [-0.2, -0.15) is 0 Å². The second-order valence-corrected chi connectivity index (χ2v) is 7.64. The fourth-order valence-electron chi connectivity index (χ4n) is 3.41. The van der Waals surface area contributed by atoms with Crippen molar-refractivity contribution in [2.45, 2.75) is 12.8 Å². The molecule has 0 atom stereocenters. The minimum Gasteiger partial charge on any atom is -0.545 e. The second kappa shape index (κ2) is 10.5. The van der Waals surface area contributed by atoms with Gasteiger partial charge in [0.2, 0.25) is 0 Å². The molecule has 2 heterocycles. The molecule has 0 saturated carbocycles. The zero-order valence-electron chi connectivity index (χ0n) is 17.2. The molecule has 3 aromatic rings. The average Bonchev–Trinajstić information content (AvgIpc) is 3.38. The van der Waals surface area contributed by atoms with E-state index in [1.807, 2.05) is 11.4 Å². The Labute approximate surface area is 216 Å². The quantitative estimate of drug-likeness (QED) is 0.311. The van der Waals surface area contributed by atoms with Crippen LogP contribution in [0.1, 0.15) is 23.2 Å². The number of aromatic carboxylic acids is 1.